The van der Waals surface area contributed by atoms with Gasteiger partial charge in [0, 0.05) is 31.5 Å². The third-order valence-corrected chi connectivity index (χ3v) is 3.94. The van der Waals surface area contributed by atoms with Crippen LogP contribution in [0, 0.1) is 0 Å². The van der Waals surface area contributed by atoms with Crippen molar-refractivity contribution in [3.05, 3.63) is 24.3 Å². The molecule has 0 unspecified atom stereocenters. The molecule has 1 fully saturated rings. The number of hydrogen-bond acceptors (Lipinski definition) is 5. The van der Waals surface area contributed by atoms with Crippen molar-refractivity contribution in [1.82, 2.24) is 25.1 Å². The van der Waals surface area contributed by atoms with Gasteiger partial charge in [-0.15, -0.1) is 10.2 Å². The molecule has 2 heterocycles. The summed E-state index contributed by atoms with van der Waals surface area (Å²) < 4.78 is 5.32. The second kappa shape index (κ2) is 6.74. The monoisotopic (exact) mass is 316 g/mol. The summed E-state index contributed by atoms with van der Waals surface area (Å²) in [5, 5.41) is 14.9. The molecular formula is C15H20N6O2. The number of carbonyl (C=O) groups excluding carboxylic acids is 1. The summed E-state index contributed by atoms with van der Waals surface area (Å²) in [4.78, 5) is 15.6. The molecule has 2 amide bonds. The van der Waals surface area contributed by atoms with Gasteiger partial charge in [-0.25, -0.2) is 4.79 Å². The summed E-state index contributed by atoms with van der Waals surface area (Å²) >= 11 is 0. The predicted octanol–water partition coefficient (Wildman–Crippen LogP) is 1.52. The Hall–Kier alpha value is -2.48. The van der Waals surface area contributed by atoms with Crippen LogP contribution < -0.4 is 5.32 Å². The number of carbonyl (C=O) groups is 1. The minimum atomic E-state index is -0.0937. The van der Waals surface area contributed by atoms with E-state index in [1.165, 1.54) is 4.80 Å². The molecule has 23 heavy (non-hydrogen) atoms. The first-order chi connectivity index (χ1) is 11.2. The number of anilines is 1. The number of benzene rings is 1. The quantitative estimate of drug-likeness (QED) is 0.928. The van der Waals surface area contributed by atoms with Crippen molar-refractivity contribution in [2.45, 2.75) is 18.9 Å². The van der Waals surface area contributed by atoms with Crippen molar-refractivity contribution >= 4 is 11.7 Å². The summed E-state index contributed by atoms with van der Waals surface area (Å²) in [7, 11) is 3.43. The Labute approximate surface area is 134 Å². The number of ether oxygens (including phenoxy) is 1. The maximum atomic E-state index is 12.3. The van der Waals surface area contributed by atoms with Gasteiger partial charge in [0.1, 0.15) is 0 Å². The van der Waals surface area contributed by atoms with E-state index in [0.29, 0.717) is 24.6 Å². The molecule has 0 bridgehead atoms. The van der Waals surface area contributed by atoms with Crippen molar-refractivity contribution < 1.29 is 9.53 Å². The fourth-order valence-electron chi connectivity index (χ4n) is 2.63. The van der Waals surface area contributed by atoms with Crippen LogP contribution in [0.1, 0.15) is 12.8 Å². The number of nitrogens with zero attached hydrogens (tertiary/aromatic N) is 5. The third kappa shape index (κ3) is 3.65. The van der Waals surface area contributed by atoms with Crippen LogP contribution in [0.15, 0.2) is 24.3 Å². The number of methoxy groups -OCH3 is 1. The Morgan fingerprint density at radius 3 is 2.78 bits per heavy atom. The Bertz CT molecular complexity index is 678. The fourth-order valence-corrected chi connectivity index (χ4v) is 2.63. The van der Waals surface area contributed by atoms with Gasteiger partial charge in [-0.05, 0) is 30.2 Å². The zero-order chi connectivity index (χ0) is 16.2. The maximum absolute atomic E-state index is 12.3. The average molecular weight is 316 g/mol. The van der Waals surface area contributed by atoms with Gasteiger partial charge < -0.3 is 15.0 Å². The van der Waals surface area contributed by atoms with E-state index in [1.54, 1.807) is 14.2 Å². The Morgan fingerprint density at radius 2 is 2.13 bits per heavy atom. The second-order valence-electron chi connectivity index (χ2n) is 5.54. The number of hydrogen-bond donors (Lipinski definition) is 1. The van der Waals surface area contributed by atoms with Crippen LogP contribution in [0.25, 0.3) is 11.4 Å². The molecule has 0 spiro atoms. The number of aryl methyl sites for hydroxylation is 1. The fraction of sp³-hybridized carbons (Fsp3) is 0.467. The molecule has 0 aliphatic carbocycles. The van der Waals surface area contributed by atoms with Crippen molar-refractivity contribution in [1.29, 1.82) is 0 Å². The molecule has 0 atom stereocenters. The van der Waals surface area contributed by atoms with Crippen LogP contribution in [0.2, 0.25) is 0 Å². The maximum Gasteiger partial charge on any atom is 0.321 e. The van der Waals surface area contributed by atoms with Crippen molar-refractivity contribution in [2.75, 3.05) is 25.5 Å². The number of urea groups is 1. The van der Waals surface area contributed by atoms with Gasteiger partial charge in [0.25, 0.3) is 0 Å². The van der Waals surface area contributed by atoms with Crippen LogP contribution in [0.5, 0.6) is 0 Å². The Morgan fingerprint density at radius 1 is 1.35 bits per heavy atom. The first-order valence-corrected chi connectivity index (χ1v) is 7.59. The van der Waals surface area contributed by atoms with E-state index in [-0.39, 0.29) is 12.1 Å². The third-order valence-electron chi connectivity index (χ3n) is 3.94. The molecule has 8 heteroatoms. The molecule has 1 N–H and O–H groups in total. The van der Waals surface area contributed by atoms with Crippen LogP contribution in [0.3, 0.4) is 0 Å². The van der Waals surface area contributed by atoms with Crippen LogP contribution in [-0.2, 0) is 11.8 Å². The first kappa shape index (κ1) is 15.4. The summed E-state index contributed by atoms with van der Waals surface area (Å²) in [6.07, 6.45) is 1.99. The van der Waals surface area contributed by atoms with Gasteiger partial charge in [-0.3, -0.25) is 0 Å². The summed E-state index contributed by atoms with van der Waals surface area (Å²) in [6, 6.07) is 7.34. The average Bonchev–Trinajstić information content (AvgIpc) is 3.02. The van der Waals surface area contributed by atoms with E-state index < -0.39 is 0 Å². The highest BCUT2D eigenvalue weighted by Gasteiger charge is 2.22. The lowest BCUT2D eigenvalue weighted by Gasteiger charge is -2.31. The van der Waals surface area contributed by atoms with E-state index in [4.69, 9.17) is 4.74 Å². The molecule has 122 valence electrons. The minimum absolute atomic E-state index is 0.0937. The standard InChI is InChI=1S/C15H20N6O2/c1-20-18-14(17-19-20)11-4-3-5-12(10-11)16-15(22)21-8-6-13(23-2)7-9-21/h3-5,10,13H,6-9H2,1-2H3,(H,16,22). The Balaban J connectivity index is 1.65. The van der Waals surface area contributed by atoms with E-state index in [1.807, 2.05) is 29.2 Å². The number of amides is 2. The highest BCUT2D eigenvalue weighted by molar-refractivity contribution is 5.90. The molecule has 3 rings (SSSR count). The highest BCUT2D eigenvalue weighted by atomic mass is 16.5. The number of nitrogens with one attached hydrogen (secondary N) is 1. The zero-order valence-electron chi connectivity index (χ0n) is 13.3. The lowest BCUT2D eigenvalue weighted by atomic mass is 10.1. The molecule has 1 aromatic heterocycles. The molecule has 1 aliphatic heterocycles. The van der Waals surface area contributed by atoms with Gasteiger partial charge in [0.2, 0.25) is 5.82 Å². The smallest absolute Gasteiger partial charge is 0.321 e. The molecule has 0 saturated carbocycles. The van der Waals surface area contributed by atoms with Crippen molar-refractivity contribution in [2.24, 2.45) is 7.05 Å². The zero-order valence-corrected chi connectivity index (χ0v) is 13.3. The van der Waals surface area contributed by atoms with Crippen LogP contribution in [-0.4, -0.2) is 57.4 Å². The number of rotatable bonds is 3. The molecular weight excluding hydrogens is 296 g/mol. The van der Waals surface area contributed by atoms with E-state index in [2.05, 4.69) is 20.7 Å². The molecule has 2 aromatic rings. The van der Waals surface area contributed by atoms with Gasteiger partial charge in [-0.2, -0.15) is 4.80 Å². The second-order valence-corrected chi connectivity index (χ2v) is 5.54. The molecule has 1 aromatic carbocycles. The normalized spacial score (nSPS) is 15.7. The Kier molecular flexibility index (Phi) is 4.52. The number of likely N-dealkylation sites (tertiary alicyclic amines) is 1. The number of piperidine rings is 1. The van der Waals surface area contributed by atoms with E-state index in [0.717, 1.165) is 18.4 Å². The topological polar surface area (TPSA) is 85.2 Å². The van der Waals surface area contributed by atoms with Gasteiger partial charge >= 0.3 is 6.03 Å². The van der Waals surface area contributed by atoms with Crippen LogP contribution in [0.4, 0.5) is 10.5 Å². The molecule has 0 radical (unpaired) electrons. The summed E-state index contributed by atoms with van der Waals surface area (Å²) in [6.45, 7) is 1.41. The van der Waals surface area contributed by atoms with E-state index >= 15 is 0 Å². The number of tetrazole rings is 1. The van der Waals surface area contributed by atoms with Gasteiger partial charge in [0.05, 0.1) is 13.2 Å². The lowest BCUT2D eigenvalue weighted by Crippen LogP contribution is -2.42. The van der Waals surface area contributed by atoms with Gasteiger partial charge in [0.15, 0.2) is 0 Å². The predicted molar refractivity (Wildman–Crippen MR) is 84.9 cm³/mol. The largest absolute Gasteiger partial charge is 0.381 e. The highest BCUT2D eigenvalue weighted by Crippen LogP contribution is 2.20. The van der Waals surface area contributed by atoms with Crippen LogP contribution >= 0.6 is 0 Å². The molecule has 1 aliphatic rings. The van der Waals surface area contributed by atoms with E-state index in [9.17, 15) is 4.79 Å². The van der Waals surface area contributed by atoms with Crippen molar-refractivity contribution in [3.8, 4) is 11.4 Å². The lowest BCUT2D eigenvalue weighted by molar-refractivity contribution is 0.0521. The van der Waals surface area contributed by atoms with Gasteiger partial charge in [-0.1, -0.05) is 12.1 Å². The number of aromatic nitrogens is 4. The van der Waals surface area contributed by atoms with Crippen molar-refractivity contribution in [3.63, 3.8) is 0 Å². The molecule has 1 saturated heterocycles. The minimum Gasteiger partial charge on any atom is -0.381 e. The summed E-state index contributed by atoms with van der Waals surface area (Å²) in [5.74, 6) is 0.532. The first-order valence-electron chi connectivity index (χ1n) is 7.59. The molecule has 8 nitrogen and oxygen atoms in total. The summed E-state index contributed by atoms with van der Waals surface area (Å²) in [5.41, 5.74) is 1.53. The SMILES string of the molecule is COC1CCN(C(=O)Nc2cccc(-c3nnn(C)n3)c2)CC1.